The summed E-state index contributed by atoms with van der Waals surface area (Å²) in [4.78, 5) is 13.4. The minimum Gasteiger partial charge on any atom is -0.489 e. The van der Waals surface area contributed by atoms with Gasteiger partial charge in [0.15, 0.2) is 0 Å². The molecular formula is C10H10N2O2. The smallest absolute Gasteiger partial charge is 0.246 e. The molecule has 0 unspecified atom stereocenters. The Morgan fingerprint density at radius 3 is 3.29 bits per heavy atom. The Morgan fingerprint density at radius 2 is 2.36 bits per heavy atom. The van der Waals surface area contributed by atoms with Crippen molar-refractivity contribution in [2.24, 2.45) is 0 Å². The van der Waals surface area contributed by atoms with Crippen LogP contribution in [0.15, 0.2) is 18.2 Å². The first-order valence-corrected chi connectivity index (χ1v) is 4.66. The normalized spacial score (nSPS) is 18.3. The van der Waals surface area contributed by atoms with Crippen LogP contribution in [0, 0.1) is 0 Å². The second-order valence-corrected chi connectivity index (χ2v) is 3.40. The van der Waals surface area contributed by atoms with E-state index in [2.05, 4.69) is 5.32 Å². The monoisotopic (exact) mass is 190 g/mol. The zero-order valence-corrected chi connectivity index (χ0v) is 7.62. The van der Waals surface area contributed by atoms with E-state index in [1.54, 1.807) is 4.90 Å². The number of nitrogens with zero attached hydrogens (tertiary/aromatic N) is 1. The highest BCUT2D eigenvalue weighted by molar-refractivity contribution is 6.04. The number of rotatable bonds is 0. The predicted octanol–water partition coefficient (Wildman–Crippen LogP) is 0.838. The lowest BCUT2D eigenvalue weighted by molar-refractivity contribution is -0.117. The third kappa shape index (κ3) is 0.907. The molecule has 1 aromatic carbocycles. The third-order valence-corrected chi connectivity index (χ3v) is 2.57. The van der Waals surface area contributed by atoms with Crippen LogP contribution in [0.2, 0.25) is 0 Å². The fraction of sp³-hybridized carbons (Fsp3) is 0.300. The molecule has 4 heteroatoms. The summed E-state index contributed by atoms with van der Waals surface area (Å²) in [7, 11) is 0. The molecule has 0 saturated heterocycles. The Morgan fingerprint density at radius 1 is 1.43 bits per heavy atom. The Kier molecular flexibility index (Phi) is 1.45. The average Bonchev–Trinajstić information content (AvgIpc) is 2.24. The van der Waals surface area contributed by atoms with Gasteiger partial charge in [0.25, 0.3) is 0 Å². The van der Waals surface area contributed by atoms with Gasteiger partial charge in [-0.2, -0.15) is 0 Å². The Bertz CT molecular complexity index is 389. The molecule has 72 valence electrons. The highest BCUT2D eigenvalue weighted by Gasteiger charge is 2.29. The van der Waals surface area contributed by atoms with E-state index in [1.807, 2.05) is 18.2 Å². The second-order valence-electron chi connectivity index (χ2n) is 3.40. The molecule has 1 amide bonds. The number of carbonyl (C=O) groups excluding carboxylic acids is 1. The fourth-order valence-corrected chi connectivity index (χ4v) is 1.93. The van der Waals surface area contributed by atoms with Crippen LogP contribution in [-0.4, -0.2) is 25.6 Å². The van der Waals surface area contributed by atoms with Crippen molar-refractivity contribution in [2.75, 3.05) is 29.9 Å². The van der Waals surface area contributed by atoms with Gasteiger partial charge in [-0.1, -0.05) is 6.07 Å². The molecule has 0 radical (unpaired) electrons. The van der Waals surface area contributed by atoms with E-state index in [9.17, 15) is 4.79 Å². The van der Waals surface area contributed by atoms with Gasteiger partial charge in [-0.25, -0.2) is 0 Å². The summed E-state index contributed by atoms with van der Waals surface area (Å²) in [6.45, 7) is 1.63. The van der Waals surface area contributed by atoms with Crippen LogP contribution in [0.1, 0.15) is 0 Å². The van der Waals surface area contributed by atoms with Crippen molar-refractivity contribution in [2.45, 2.75) is 0 Å². The molecule has 1 N–H and O–H groups in total. The summed E-state index contributed by atoms with van der Waals surface area (Å²) in [5.41, 5.74) is 1.89. The van der Waals surface area contributed by atoms with Crippen LogP contribution in [0.5, 0.6) is 5.75 Å². The summed E-state index contributed by atoms with van der Waals surface area (Å²) in [6.07, 6.45) is 0. The van der Waals surface area contributed by atoms with Crippen molar-refractivity contribution in [3.05, 3.63) is 18.2 Å². The quantitative estimate of drug-likeness (QED) is 0.659. The van der Waals surface area contributed by atoms with Crippen molar-refractivity contribution in [1.29, 1.82) is 0 Å². The van der Waals surface area contributed by atoms with Gasteiger partial charge in [-0.15, -0.1) is 0 Å². The van der Waals surface area contributed by atoms with Crippen molar-refractivity contribution in [3.8, 4) is 5.75 Å². The molecule has 1 aromatic rings. The highest BCUT2D eigenvalue weighted by atomic mass is 16.5. The fourth-order valence-electron chi connectivity index (χ4n) is 1.93. The van der Waals surface area contributed by atoms with Gasteiger partial charge in [0.1, 0.15) is 18.0 Å². The summed E-state index contributed by atoms with van der Waals surface area (Å²) in [5, 5.41) is 3.08. The van der Waals surface area contributed by atoms with E-state index in [-0.39, 0.29) is 5.91 Å². The lowest BCUT2D eigenvalue weighted by Crippen LogP contribution is -2.44. The number of hydrogen-bond acceptors (Lipinski definition) is 3. The summed E-state index contributed by atoms with van der Waals surface area (Å²) in [6, 6.07) is 5.79. The first-order valence-electron chi connectivity index (χ1n) is 4.66. The Balaban J connectivity index is 2.21. The van der Waals surface area contributed by atoms with E-state index in [1.165, 1.54) is 0 Å². The molecule has 2 heterocycles. The van der Waals surface area contributed by atoms with Crippen molar-refractivity contribution >= 4 is 17.3 Å². The van der Waals surface area contributed by atoms with Crippen molar-refractivity contribution < 1.29 is 9.53 Å². The first kappa shape index (κ1) is 7.67. The summed E-state index contributed by atoms with van der Waals surface area (Å²) < 4.78 is 5.48. The van der Waals surface area contributed by atoms with Crippen LogP contribution >= 0.6 is 0 Å². The molecule has 14 heavy (non-hydrogen) atoms. The van der Waals surface area contributed by atoms with E-state index in [0.29, 0.717) is 19.7 Å². The number of ether oxygens (including phenoxy) is 1. The number of nitrogens with one attached hydrogen (secondary N) is 1. The summed E-state index contributed by atoms with van der Waals surface area (Å²) in [5.74, 6) is 0.919. The van der Waals surface area contributed by atoms with Crippen LogP contribution < -0.4 is 15.0 Å². The molecule has 2 aliphatic heterocycles. The van der Waals surface area contributed by atoms with Gasteiger partial charge in [-0.3, -0.25) is 4.79 Å². The second kappa shape index (κ2) is 2.64. The maximum absolute atomic E-state index is 11.6. The maximum Gasteiger partial charge on any atom is 0.246 e. The summed E-state index contributed by atoms with van der Waals surface area (Å²) >= 11 is 0. The maximum atomic E-state index is 11.6. The molecule has 0 atom stereocenters. The number of para-hydroxylation sites is 1. The van der Waals surface area contributed by atoms with E-state index in [4.69, 9.17) is 4.74 Å². The van der Waals surface area contributed by atoms with Crippen molar-refractivity contribution in [1.82, 2.24) is 0 Å². The first-order chi connectivity index (χ1) is 6.86. The van der Waals surface area contributed by atoms with E-state index < -0.39 is 0 Å². The van der Waals surface area contributed by atoms with E-state index >= 15 is 0 Å². The average molecular weight is 190 g/mol. The largest absolute Gasteiger partial charge is 0.489 e. The van der Waals surface area contributed by atoms with Gasteiger partial charge in [0.2, 0.25) is 5.91 Å². The van der Waals surface area contributed by atoms with Gasteiger partial charge in [0.05, 0.1) is 18.8 Å². The number of benzene rings is 1. The van der Waals surface area contributed by atoms with Gasteiger partial charge in [0, 0.05) is 0 Å². The molecule has 0 aromatic heterocycles. The SMILES string of the molecule is O=C1CNc2cccc3c2N1CCO3. The van der Waals surface area contributed by atoms with Gasteiger partial charge < -0.3 is 15.0 Å². The molecule has 0 aliphatic carbocycles. The third-order valence-electron chi connectivity index (χ3n) is 2.57. The highest BCUT2D eigenvalue weighted by Crippen LogP contribution is 2.40. The Labute approximate surface area is 81.5 Å². The molecule has 0 saturated carbocycles. The van der Waals surface area contributed by atoms with Gasteiger partial charge in [-0.05, 0) is 12.1 Å². The molecule has 3 rings (SSSR count). The lowest BCUT2D eigenvalue weighted by atomic mass is 10.1. The molecule has 2 aliphatic rings. The zero-order valence-electron chi connectivity index (χ0n) is 7.62. The number of hydrogen-bond donors (Lipinski definition) is 1. The van der Waals surface area contributed by atoms with E-state index in [0.717, 1.165) is 17.1 Å². The zero-order chi connectivity index (χ0) is 9.54. The predicted molar refractivity (Wildman–Crippen MR) is 52.8 cm³/mol. The van der Waals surface area contributed by atoms with Crippen LogP contribution in [0.25, 0.3) is 0 Å². The molecule has 0 fully saturated rings. The minimum atomic E-state index is 0.119. The van der Waals surface area contributed by atoms with Crippen LogP contribution in [0.4, 0.5) is 11.4 Å². The van der Waals surface area contributed by atoms with Crippen LogP contribution in [-0.2, 0) is 4.79 Å². The molecule has 0 spiro atoms. The Hall–Kier alpha value is -1.71. The number of anilines is 2. The standard InChI is InChI=1S/C10H10N2O2/c13-9-6-11-7-2-1-3-8-10(7)12(9)4-5-14-8/h1-3,11H,4-6H2. The topological polar surface area (TPSA) is 41.6 Å². The number of amides is 1. The number of carbonyl (C=O) groups is 1. The molecule has 0 bridgehead atoms. The minimum absolute atomic E-state index is 0.119. The lowest BCUT2D eigenvalue weighted by Gasteiger charge is -2.34. The van der Waals surface area contributed by atoms with Crippen molar-refractivity contribution in [3.63, 3.8) is 0 Å². The molecule has 4 nitrogen and oxygen atoms in total. The van der Waals surface area contributed by atoms with Crippen LogP contribution in [0.3, 0.4) is 0 Å². The van der Waals surface area contributed by atoms with Gasteiger partial charge >= 0.3 is 0 Å². The molecular weight excluding hydrogens is 180 g/mol.